The molecule has 1 N–H and O–H groups in total. The Balaban J connectivity index is 1.02. The number of hydrogen-bond donors (Lipinski definition) is 1. The number of nitrogens with one attached hydrogen (secondary N) is 1. The highest BCUT2D eigenvalue weighted by atomic mass is 16.6. The van der Waals surface area contributed by atoms with Crippen LogP contribution in [0.5, 0.6) is 0 Å². The van der Waals surface area contributed by atoms with Crippen LogP contribution in [0.25, 0.3) is 11.1 Å². The largest absolute Gasteiger partial charge is 0.465 e. The molecule has 0 aromatic heterocycles. The number of benzene rings is 3. The molecule has 42 heavy (non-hydrogen) atoms. The van der Waals surface area contributed by atoms with Gasteiger partial charge in [0, 0.05) is 38.0 Å². The number of carbonyl (C=O) groups is 2. The maximum atomic E-state index is 12.8. The molecule has 0 spiro atoms. The molecule has 1 aliphatic carbocycles. The van der Waals surface area contributed by atoms with E-state index in [9.17, 15) is 9.59 Å². The van der Waals surface area contributed by atoms with E-state index in [2.05, 4.69) is 55.3 Å². The van der Waals surface area contributed by atoms with Crippen molar-refractivity contribution >= 4 is 17.7 Å². The fourth-order valence-corrected chi connectivity index (χ4v) is 6.22. The maximum Gasteiger partial charge on any atom is 0.411 e. The molecule has 3 atom stereocenters. The summed E-state index contributed by atoms with van der Waals surface area (Å²) in [6, 6.07) is 26.6. The molecule has 1 saturated heterocycles. The molecule has 2 fully saturated rings. The molecule has 6 nitrogen and oxygen atoms in total. The van der Waals surface area contributed by atoms with Gasteiger partial charge in [-0.15, -0.1) is 0 Å². The lowest BCUT2D eigenvalue weighted by Gasteiger charge is -2.20. The average molecular weight is 569 g/mol. The predicted octanol–water partition coefficient (Wildman–Crippen LogP) is 7.72. The summed E-state index contributed by atoms with van der Waals surface area (Å²) >= 11 is 0. The van der Waals surface area contributed by atoms with Gasteiger partial charge in [0.25, 0.3) is 0 Å². The normalized spacial score (nSPS) is 20.2. The first-order valence-corrected chi connectivity index (χ1v) is 15.3. The number of esters is 1. The van der Waals surface area contributed by atoms with Crippen LogP contribution in [-0.4, -0.2) is 42.8 Å². The molecule has 2 aliphatic rings. The van der Waals surface area contributed by atoms with Gasteiger partial charge in [-0.3, -0.25) is 15.0 Å². The molecule has 222 valence electrons. The van der Waals surface area contributed by atoms with E-state index in [-0.39, 0.29) is 23.6 Å². The van der Waals surface area contributed by atoms with Gasteiger partial charge < -0.3 is 9.47 Å². The van der Waals surface area contributed by atoms with Crippen molar-refractivity contribution in [3.8, 4) is 11.1 Å². The number of likely N-dealkylation sites (tertiary alicyclic amines) is 1. The van der Waals surface area contributed by atoms with Crippen LogP contribution in [0.4, 0.5) is 10.5 Å². The lowest BCUT2D eigenvalue weighted by Crippen LogP contribution is -2.25. The van der Waals surface area contributed by atoms with Crippen molar-refractivity contribution in [2.24, 2.45) is 17.3 Å². The number of para-hydroxylation sites is 1. The summed E-state index contributed by atoms with van der Waals surface area (Å²) < 4.78 is 11.3. The summed E-state index contributed by atoms with van der Waals surface area (Å²) in [5.74, 6) is 1.01. The molecule has 1 heterocycles. The topological polar surface area (TPSA) is 67.9 Å². The van der Waals surface area contributed by atoms with Gasteiger partial charge >= 0.3 is 12.1 Å². The molecule has 1 aliphatic heterocycles. The minimum Gasteiger partial charge on any atom is -0.465 e. The van der Waals surface area contributed by atoms with E-state index in [1.807, 2.05) is 54.6 Å². The van der Waals surface area contributed by atoms with Gasteiger partial charge in [0.1, 0.15) is 6.10 Å². The van der Waals surface area contributed by atoms with Crippen molar-refractivity contribution in [2.45, 2.75) is 65.5 Å². The van der Waals surface area contributed by atoms with Crippen LogP contribution in [-0.2, 0) is 27.2 Å². The third kappa shape index (κ3) is 8.45. The van der Waals surface area contributed by atoms with E-state index in [0.29, 0.717) is 24.9 Å². The smallest absolute Gasteiger partial charge is 0.411 e. The molecular weight excluding hydrogens is 524 g/mol. The van der Waals surface area contributed by atoms with Gasteiger partial charge in [0.05, 0.1) is 12.3 Å². The molecule has 3 aromatic rings. The van der Waals surface area contributed by atoms with Crippen molar-refractivity contribution < 1.29 is 19.1 Å². The third-order valence-corrected chi connectivity index (χ3v) is 8.47. The first-order valence-electron chi connectivity index (χ1n) is 15.3. The second kappa shape index (κ2) is 13.6. The number of carbonyl (C=O) groups excluding carboxylic acids is 2. The number of amides is 1. The first-order chi connectivity index (χ1) is 20.2. The zero-order valence-corrected chi connectivity index (χ0v) is 25.2. The Morgan fingerprint density at radius 1 is 0.857 bits per heavy atom. The Kier molecular flexibility index (Phi) is 9.63. The molecular formula is C36H44N2O4. The van der Waals surface area contributed by atoms with Crippen molar-refractivity contribution in [3.05, 3.63) is 90.0 Å². The minimum atomic E-state index is -0.375. The highest BCUT2D eigenvalue weighted by Crippen LogP contribution is 2.40. The summed E-state index contributed by atoms with van der Waals surface area (Å²) in [7, 11) is 0. The zero-order chi connectivity index (χ0) is 29.5. The molecule has 0 radical (unpaired) electrons. The van der Waals surface area contributed by atoms with Crippen molar-refractivity contribution in [1.29, 1.82) is 0 Å². The molecule has 5 rings (SSSR count). The van der Waals surface area contributed by atoms with Crippen LogP contribution < -0.4 is 5.32 Å². The minimum absolute atomic E-state index is 0.0344. The summed E-state index contributed by atoms with van der Waals surface area (Å²) in [6.45, 7) is 9.84. The lowest BCUT2D eigenvalue weighted by atomic mass is 9.91. The van der Waals surface area contributed by atoms with Crippen LogP contribution in [0.3, 0.4) is 0 Å². The predicted molar refractivity (Wildman–Crippen MR) is 167 cm³/mol. The van der Waals surface area contributed by atoms with E-state index in [0.717, 1.165) is 62.1 Å². The number of nitrogens with zero attached hydrogens (tertiary/aromatic N) is 1. The number of anilines is 1. The van der Waals surface area contributed by atoms with Gasteiger partial charge in [-0.05, 0) is 59.3 Å². The Morgan fingerprint density at radius 3 is 2.19 bits per heavy atom. The fourth-order valence-electron chi connectivity index (χ4n) is 6.22. The Bertz CT molecular complexity index is 1320. The van der Waals surface area contributed by atoms with E-state index >= 15 is 0 Å². The van der Waals surface area contributed by atoms with Crippen LogP contribution in [0.2, 0.25) is 0 Å². The molecule has 0 bridgehead atoms. The first kappa shape index (κ1) is 29.8. The van der Waals surface area contributed by atoms with Gasteiger partial charge in [-0.25, -0.2) is 4.79 Å². The quantitative estimate of drug-likeness (QED) is 0.254. The van der Waals surface area contributed by atoms with Gasteiger partial charge in [0.15, 0.2) is 0 Å². The van der Waals surface area contributed by atoms with Gasteiger partial charge in [-0.2, -0.15) is 0 Å². The van der Waals surface area contributed by atoms with Crippen molar-refractivity contribution in [2.75, 3.05) is 25.0 Å². The van der Waals surface area contributed by atoms with E-state index < -0.39 is 0 Å². The fraction of sp³-hybridized carbons (Fsp3) is 0.444. The number of rotatable bonds is 10. The van der Waals surface area contributed by atoms with Crippen LogP contribution >= 0.6 is 0 Å². The Morgan fingerprint density at radius 2 is 1.50 bits per heavy atom. The molecule has 1 amide bonds. The van der Waals surface area contributed by atoms with Crippen molar-refractivity contribution in [1.82, 2.24) is 4.90 Å². The summed E-state index contributed by atoms with van der Waals surface area (Å²) in [6.07, 6.45) is 3.48. The molecule has 3 aromatic carbocycles. The van der Waals surface area contributed by atoms with Gasteiger partial charge in [-0.1, -0.05) is 93.6 Å². The number of ether oxygens (including phenoxy) is 2. The summed E-state index contributed by atoms with van der Waals surface area (Å²) in [5, 5.41) is 2.98. The summed E-state index contributed by atoms with van der Waals surface area (Å²) in [5.41, 5.74) is 5.44. The van der Waals surface area contributed by atoms with Crippen LogP contribution in [0.15, 0.2) is 78.9 Å². The average Bonchev–Trinajstić information content (AvgIpc) is 3.51. The Labute approximate surface area is 250 Å². The van der Waals surface area contributed by atoms with Crippen LogP contribution in [0, 0.1) is 17.3 Å². The van der Waals surface area contributed by atoms with Crippen LogP contribution in [0.1, 0.15) is 57.6 Å². The SMILES string of the molecule is CC(C)(C)CCC(=O)OCCc1ccc(CN2C[C@H]3CC(OC(=O)Nc4ccccc4-c4ccccc4)C[C@H]3C2)cc1. The highest BCUT2D eigenvalue weighted by molar-refractivity contribution is 5.91. The zero-order valence-electron chi connectivity index (χ0n) is 25.2. The second-order valence-corrected chi connectivity index (χ2v) is 13.1. The van der Waals surface area contributed by atoms with E-state index in [4.69, 9.17) is 9.47 Å². The molecule has 6 heteroatoms. The summed E-state index contributed by atoms with van der Waals surface area (Å²) in [4.78, 5) is 27.3. The lowest BCUT2D eigenvalue weighted by molar-refractivity contribution is -0.144. The molecule has 1 unspecified atom stereocenters. The molecule has 1 saturated carbocycles. The standard InChI is InChI=1S/C36H44N2O4/c1-36(2,3)19-17-34(39)41-20-18-26-13-15-27(16-14-26)23-38-24-29-21-31(22-30(29)25-38)42-35(40)37-33-12-8-7-11-32(33)28-9-5-4-6-10-28/h4-16,29-31H,17-25H2,1-3H3,(H,37,40)/t29-,30+,31?. The monoisotopic (exact) mass is 568 g/mol. The Hall–Kier alpha value is -3.64. The number of fused-ring (bicyclic) bond motifs is 1. The van der Waals surface area contributed by atoms with E-state index in [1.165, 1.54) is 11.1 Å². The van der Waals surface area contributed by atoms with Crippen molar-refractivity contribution in [3.63, 3.8) is 0 Å². The highest BCUT2D eigenvalue weighted by Gasteiger charge is 2.42. The van der Waals surface area contributed by atoms with Gasteiger partial charge in [0.2, 0.25) is 0 Å². The number of hydrogen-bond acceptors (Lipinski definition) is 5. The third-order valence-electron chi connectivity index (χ3n) is 8.47. The second-order valence-electron chi connectivity index (χ2n) is 13.1. The van der Waals surface area contributed by atoms with E-state index in [1.54, 1.807) is 0 Å². The maximum absolute atomic E-state index is 12.8.